The molecule has 1 aliphatic rings. The molecule has 5 nitrogen and oxygen atoms in total. The van der Waals surface area contributed by atoms with Gasteiger partial charge in [0, 0.05) is 13.0 Å². The zero-order valence-electron chi connectivity index (χ0n) is 10.5. The summed E-state index contributed by atoms with van der Waals surface area (Å²) in [6.07, 6.45) is 1.84. The van der Waals surface area contributed by atoms with Crippen molar-refractivity contribution in [3.63, 3.8) is 0 Å². The minimum Gasteiger partial charge on any atom is -0.295 e. The van der Waals surface area contributed by atoms with E-state index in [0.29, 0.717) is 35.1 Å². The number of carbonyl (C=O) groups is 1. The second kappa shape index (κ2) is 5.23. The maximum atomic E-state index is 11.7. The van der Waals surface area contributed by atoms with Crippen molar-refractivity contribution in [3.8, 4) is 11.8 Å². The molecule has 0 aliphatic carbocycles. The molecule has 1 aliphatic heterocycles. The van der Waals surface area contributed by atoms with Gasteiger partial charge in [-0.25, -0.2) is 4.68 Å². The molecule has 21 heavy (non-hydrogen) atoms. The summed E-state index contributed by atoms with van der Waals surface area (Å²) in [5.74, 6) is 0.332. The van der Waals surface area contributed by atoms with Gasteiger partial charge in [-0.05, 0) is 12.1 Å². The van der Waals surface area contributed by atoms with Crippen molar-refractivity contribution in [1.82, 2.24) is 9.78 Å². The number of benzene rings is 1. The van der Waals surface area contributed by atoms with Crippen LogP contribution in [0, 0.1) is 11.3 Å². The number of hydrogen-bond acceptors (Lipinski definition) is 3. The smallest absolute Gasteiger partial charge is 0.229 e. The van der Waals surface area contributed by atoms with E-state index in [-0.39, 0.29) is 16.0 Å². The minimum atomic E-state index is -0.0653. The van der Waals surface area contributed by atoms with E-state index in [1.54, 1.807) is 12.1 Å². The number of halogens is 3. The molecule has 0 bridgehead atoms. The molecule has 1 amide bonds. The highest BCUT2D eigenvalue weighted by Crippen LogP contribution is 2.37. The Bertz CT molecular complexity index is 793. The molecule has 106 valence electrons. The largest absolute Gasteiger partial charge is 0.295 e. The zero-order chi connectivity index (χ0) is 15.1. The fourth-order valence-corrected chi connectivity index (χ4v) is 2.69. The van der Waals surface area contributed by atoms with Gasteiger partial charge in [0.1, 0.15) is 11.6 Å². The SMILES string of the molecule is N#Cc1cnn(-c2ccc(Cl)c(Cl)c2Cl)c1N1CCC1=O. The van der Waals surface area contributed by atoms with Gasteiger partial charge in [0.25, 0.3) is 0 Å². The van der Waals surface area contributed by atoms with E-state index in [1.807, 2.05) is 6.07 Å². The molecular weight excluding hydrogens is 335 g/mol. The molecule has 0 atom stereocenters. The molecule has 8 heteroatoms. The minimum absolute atomic E-state index is 0.0653. The third-order valence-electron chi connectivity index (χ3n) is 3.21. The molecule has 1 aromatic heterocycles. The predicted octanol–water partition coefficient (Wildman–Crippen LogP) is 3.44. The van der Waals surface area contributed by atoms with Gasteiger partial charge in [0.2, 0.25) is 5.91 Å². The van der Waals surface area contributed by atoms with Crippen LogP contribution in [0.25, 0.3) is 5.69 Å². The Morgan fingerprint density at radius 1 is 1.24 bits per heavy atom. The van der Waals surface area contributed by atoms with Crippen LogP contribution in [0.3, 0.4) is 0 Å². The number of amides is 1. The van der Waals surface area contributed by atoms with Gasteiger partial charge in [-0.3, -0.25) is 9.69 Å². The number of nitrogens with zero attached hydrogens (tertiary/aromatic N) is 4. The van der Waals surface area contributed by atoms with Gasteiger partial charge in [0.15, 0.2) is 5.82 Å². The molecule has 2 aromatic rings. The standard InChI is InChI=1S/C13H7Cl3N4O/c14-8-1-2-9(12(16)11(8)15)20-13(7(5-17)6-18-20)19-4-3-10(19)21/h1-2,6H,3-4H2. The van der Waals surface area contributed by atoms with Crippen LogP contribution in [0.4, 0.5) is 5.82 Å². The summed E-state index contributed by atoms with van der Waals surface area (Å²) in [6, 6.07) is 5.24. The monoisotopic (exact) mass is 340 g/mol. The van der Waals surface area contributed by atoms with E-state index >= 15 is 0 Å². The Morgan fingerprint density at radius 2 is 2.00 bits per heavy atom. The number of carbonyl (C=O) groups excluding carboxylic acids is 1. The van der Waals surface area contributed by atoms with Gasteiger partial charge >= 0.3 is 0 Å². The van der Waals surface area contributed by atoms with Gasteiger partial charge in [-0.2, -0.15) is 10.4 Å². The van der Waals surface area contributed by atoms with Crippen LogP contribution in [0.1, 0.15) is 12.0 Å². The van der Waals surface area contributed by atoms with Crippen LogP contribution in [-0.4, -0.2) is 22.2 Å². The first-order chi connectivity index (χ1) is 10.0. The van der Waals surface area contributed by atoms with Crippen molar-refractivity contribution in [3.05, 3.63) is 39.0 Å². The fourth-order valence-electron chi connectivity index (χ4n) is 2.08. The third kappa shape index (κ3) is 2.16. The van der Waals surface area contributed by atoms with Crippen molar-refractivity contribution >= 4 is 46.5 Å². The van der Waals surface area contributed by atoms with Crippen molar-refractivity contribution in [2.75, 3.05) is 11.4 Å². The maximum Gasteiger partial charge on any atom is 0.229 e. The summed E-state index contributed by atoms with van der Waals surface area (Å²) in [5, 5.41) is 14.1. The van der Waals surface area contributed by atoms with E-state index < -0.39 is 0 Å². The van der Waals surface area contributed by atoms with Crippen LogP contribution in [0.5, 0.6) is 0 Å². The lowest BCUT2D eigenvalue weighted by Crippen LogP contribution is -2.44. The third-order valence-corrected chi connectivity index (χ3v) is 4.50. The summed E-state index contributed by atoms with van der Waals surface area (Å²) in [5.41, 5.74) is 0.757. The van der Waals surface area contributed by atoms with Crippen molar-refractivity contribution in [2.45, 2.75) is 6.42 Å². The first kappa shape index (κ1) is 14.2. The lowest BCUT2D eigenvalue weighted by atomic mass is 10.2. The Kier molecular flexibility index (Phi) is 3.54. The highest BCUT2D eigenvalue weighted by atomic mass is 35.5. The quantitative estimate of drug-likeness (QED) is 0.621. The van der Waals surface area contributed by atoms with Gasteiger partial charge in [-0.15, -0.1) is 0 Å². The molecule has 0 saturated carbocycles. The highest BCUT2D eigenvalue weighted by Gasteiger charge is 2.31. The normalized spacial score (nSPS) is 14.0. The summed E-state index contributed by atoms with van der Waals surface area (Å²) >= 11 is 18.1. The maximum absolute atomic E-state index is 11.7. The molecule has 1 fully saturated rings. The van der Waals surface area contributed by atoms with Crippen LogP contribution in [-0.2, 0) is 4.79 Å². The Balaban J connectivity index is 2.20. The Hall–Kier alpha value is -1.74. The molecule has 0 unspecified atom stereocenters. The van der Waals surface area contributed by atoms with E-state index in [4.69, 9.17) is 34.8 Å². The molecule has 0 radical (unpaired) electrons. The topological polar surface area (TPSA) is 61.9 Å². The van der Waals surface area contributed by atoms with E-state index in [0.717, 1.165) is 0 Å². The Morgan fingerprint density at radius 3 is 2.57 bits per heavy atom. The van der Waals surface area contributed by atoms with Gasteiger partial charge < -0.3 is 0 Å². The number of β-lactam (4-membered cyclic amide) rings is 1. The number of aromatic nitrogens is 2. The molecule has 2 heterocycles. The van der Waals surface area contributed by atoms with Crippen molar-refractivity contribution in [2.24, 2.45) is 0 Å². The van der Waals surface area contributed by atoms with Crippen LogP contribution in [0.15, 0.2) is 18.3 Å². The number of anilines is 1. The second-order valence-electron chi connectivity index (χ2n) is 4.40. The molecule has 1 saturated heterocycles. The van der Waals surface area contributed by atoms with Gasteiger partial charge in [0.05, 0.1) is 27.0 Å². The average molecular weight is 342 g/mol. The van der Waals surface area contributed by atoms with E-state index in [1.165, 1.54) is 15.8 Å². The first-order valence-electron chi connectivity index (χ1n) is 5.97. The number of hydrogen-bond donors (Lipinski definition) is 0. The van der Waals surface area contributed by atoms with E-state index in [2.05, 4.69) is 5.10 Å². The second-order valence-corrected chi connectivity index (χ2v) is 5.56. The predicted molar refractivity (Wildman–Crippen MR) is 80.3 cm³/mol. The molecule has 3 rings (SSSR count). The lowest BCUT2D eigenvalue weighted by Gasteiger charge is -2.31. The van der Waals surface area contributed by atoms with Crippen LogP contribution in [0.2, 0.25) is 15.1 Å². The summed E-state index contributed by atoms with van der Waals surface area (Å²) in [4.78, 5) is 13.2. The van der Waals surface area contributed by atoms with Crippen molar-refractivity contribution in [1.29, 1.82) is 5.26 Å². The van der Waals surface area contributed by atoms with Crippen molar-refractivity contribution < 1.29 is 4.79 Å². The highest BCUT2D eigenvalue weighted by molar-refractivity contribution is 6.48. The van der Waals surface area contributed by atoms with Gasteiger partial charge in [-0.1, -0.05) is 34.8 Å². The van der Waals surface area contributed by atoms with Crippen LogP contribution >= 0.6 is 34.8 Å². The summed E-state index contributed by atoms with van der Waals surface area (Å²) in [6.45, 7) is 0.540. The average Bonchev–Trinajstić information content (AvgIpc) is 2.87. The van der Waals surface area contributed by atoms with Crippen LogP contribution < -0.4 is 4.90 Å². The number of rotatable bonds is 2. The molecule has 0 spiro atoms. The zero-order valence-corrected chi connectivity index (χ0v) is 12.7. The molecule has 0 N–H and O–H groups in total. The summed E-state index contributed by atoms with van der Waals surface area (Å²) in [7, 11) is 0. The molecule has 1 aromatic carbocycles. The molecular formula is C13H7Cl3N4O. The van der Waals surface area contributed by atoms with E-state index in [9.17, 15) is 10.1 Å². The first-order valence-corrected chi connectivity index (χ1v) is 7.10. The summed E-state index contributed by atoms with van der Waals surface area (Å²) < 4.78 is 1.43. The lowest BCUT2D eigenvalue weighted by molar-refractivity contribution is -0.122. The fraction of sp³-hybridized carbons (Fsp3) is 0.154. The number of nitriles is 1. The Labute approximate surface area is 135 Å².